The largest absolute Gasteiger partial charge is 1.00 e. The summed E-state index contributed by atoms with van der Waals surface area (Å²) in [6.45, 7) is 0.146. The van der Waals surface area contributed by atoms with Crippen molar-refractivity contribution in [2.24, 2.45) is 17.8 Å². The van der Waals surface area contributed by atoms with Gasteiger partial charge in [-0.2, -0.15) is 0 Å². The molecule has 6 atom stereocenters. The second-order valence-electron chi connectivity index (χ2n) is 7.05. The molecule has 6 unspecified atom stereocenters. The van der Waals surface area contributed by atoms with Crippen LogP contribution < -0.4 is 103 Å². The zero-order chi connectivity index (χ0) is 19.7. The van der Waals surface area contributed by atoms with E-state index in [4.69, 9.17) is 4.74 Å². The average molecular weight is 491 g/mol. The molecule has 0 spiro atoms. The number of carbonyl (C=O) groups excluding carboxylic acids is 1. The Morgan fingerprint density at radius 1 is 0.857 bits per heavy atom. The summed E-state index contributed by atoms with van der Waals surface area (Å²) >= 11 is 0. The van der Waals surface area contributed by atoms with Crippen molar-refractivity contribution in [1.82, 2.24) is 0 Å². The number of rotatable bonds is 6. The predicted octanol–water partition coefficient (Wildman–Crippen LogP) is -6.34. The first-order valence-corrected chi connectivity index (χ1v) is 11.1. The van der Waals surface area contributed by atoms with Gasteiger partial charge in [-0.25, -0.2) is 16.8 Å². The van der Waals surface area contributed by atoms with E-state index >= 15 is 0 Å². The molecular weight excluding hydrogens is 470 g/mol. The number of aliphatic carboxylic acids is 1. The van der Waals surface area contributed by atoms with Crippen molar-refractivity contribution in [2.75, 3.05) is 0 Å². The van der Waals surface area contributed by atoms with Crippen molar-refractivity contribution in [3.63, 3.8) is 0 Å². The fourth-order valence-corrected chi connectivity index (χ4v) is 6.08. The smallest absolute Gasteiger partial charge is 0.748 e. The molecule has 150 valence electrons. The van der Waals surface area contributed by atoms with Crippen LogP contribution in [0.25, 0.3) is 0 Å². The minimum atomic E-state index is -4.71. The number of hydrogen-bond donors (Lipinski definition) is 1. The number of hydrogen-bond acceptors (Lipinski definition) is 9. The Hall–Kier alpha value is 2.03. The van der Waals surface area contributed by atoms with Crippen molar-refractivity contribution in [2.45, 2.75) is 55.1 Å². The molecule has 1 N–H and O–H groups in total. The van der Waals surface area contributed by atoms with Crippen molar-refractivity contribution in [3.05, 3.63) is 0 Å². The van der Waals surface area contributed by atoms with Gasteiger partial charge >= 0.3 is 109 Å². The summed E-state index contributed by atoms with van der Waals surface area (Å²) < 4.78 is 73.3. The maximum atomic E-state index is 11.4. The quantitative estimate of drug-likeness (QED) is 0.214. The molecule has 0 aromatic heterocycles. The van der Waals surface area contributed by atoms with E-state index in [1.54, 1.807) is 0 Å². The van der Waals surface area contributed by atoms with Gasteiger partial charge in [0.15, 0.2) is 0 Å². The normalized spacial score (nSPS) is 33.6. The SMILES string of the molecule is O=COC1CC(C2CC(C(=O)O)CC(S(=O)(=O)[O-])C2)CC(S(=O)(=O)[O-])C1.[K+].[K+]. The topological polar surface area (TPSA) is 178 Å². The van der Waals surface area contributed by atoms with Crippen LogP contribution in [0, 0.1) is 17.8 Å². The van der Waals surface area contributed by atoms with Crippen LogP contribution in [-0.2, 0) is 34.6 Å². The van der Waals surface area contributed by atoms with Crippen LogP contribution in [0.15, 0.2) is 0 Å². The first-order valence-electron chi connectivity index (χ1n) is 8.13. The van der Waals surface area contributed by atoms with Crippen molar-refractivity contribution >= 4 is 32.7 Å². The fraction of sp³-hybridized carbons (Fsp3) is 0.857. The molecule has 0 aromatic rings. The molecule has 0 bridgehead atoms. The van der Waals surface area contributed by atoms with E-state index in [0.29, 0.717) is 0 Å². The third-order valence-electron chi connectivity index (χ3n) is 5.44. The molecule has 2 saturated carbocycles. The molecule has 10 nitrogen and oxygen atoms in total. The first-order chi connectivity index (χ1) is 11.9. The minimum Gasteiger partial charge on any atom is -0.748 e. The molecule has 0 radical (unpaired) electrons. The van der Waals surface area contributed by atoms with E-state index in [9.17, 15) is 40.6 Å². The average Bonchev–Trinajstić information content (AvgIpc) is 2.52. The van der Waals surface area contributed by atoms with E-state index in [1.165, 1.54) is 0 Å². The van der Waals surface area contributed by atoms with Crippen molar-refractivity contribution < 1.29 is 148 Å². The molecule has 2 rings (SSSR count). The van der Waals surface area contributed by atoms with Crippen LogP contribution in [0.3, 0.4) is 0 Å². The molecule has 0 saturated heterocycles. The third-order valence-corrected chi connectivity index (χ3v) is 7.84. The van der Waals surface area contributed by atoms with Crippen LogP contribution in [0.4, 0.5) is 0 Å². The predicted molar refractivity (Wildman–Crippen MR) is 83.7 cm³/mol. The fourth-order valence-electron chi connectivity index (χ4n) is 4.20. The van der Waals surface area contributed by atoms with Crippen LogP contribution in [0.2, 0.25) is 0 Å². The molecular formula is C14H20K2O10S2. The second kappa shape index (κ2) is 12.3. The molecule has 0 aliphatic heterocycles. The number of ether oxygens (including phenoxy) is 1. The monoisotopic (exact) mass is 490 g/mol. The summed E-state index contributed by atoms with van der Waals surface area (Å²) in [6.07, 6.45) is -1.18. The van der Waals surface area contributed by atoms with Crippen LogP contribution in [0.1, 0.15) is 38.5 Å². The van der Waals surface area contributed by atoms with Gasteiger partial charge in [0, 0.05) is 6.42 Å². The molecule has 0 heterocycles. The molecule has 0 aromatic carbocycles. The van der Waals surface area contributed by atoms with E-state index in [0.717, 1.165) is 0 Å². The van der Waals surface area contributed by atoms with Crippen molar-refractivity contribution in [3.8, 4) is 0 Å². The summed E-state index contributed by atoms with van der Waals surface area (Å²) in [4.78, 5) is 21.9. The van der Waals surface area contributed by atoms with Crippen LogP contribution in [-0.4, -0.2) is 60.1 Å². The Bertz CT molecular complexity index is 754. The standard InChI is InChI=1S/C14H22O10S2.2K/c15-7-24-11-2-9(4-13(6-11)26(21,22)23)8-1-10(14(16)17)5-12(3-8)25(18,19)20;;/h7-13H,1-6H2,(H,16,17)(H,18,19,20)(H,21,22,23);;/q;2*+1/p-2. The number of carboxylic acid groups (broad SMARTS) is 1. The van der Waals surface area contributed by atoms with Gasteiger partial charge in [-0.3, -0.25) is 9.59 Å². The number of carbonyl (C=O) groups is 2. The molecule has 28 heavy (non-hydrogen) atoms. The Kier molecular flexibility index (Phi) is 13.2. The Morgan fingerprint density at radius 2 is 1.32 bits per heavy atom. The van der Waals surface area contributed by atoms with E-state index in [1.807, 2.05) is 0 Å². The van der Waals surface area contributed by atoms with Gasteiger partial charge in [0.05, 0.1) is 36.7 Å². The first kappa shape index (κ1) is 30.0. The molecule has 2 fully saturated rings. The zero-order valence-corrected chi connectivity index (χ0v) is 23.6. The summed E-state index contributed by atoms with van der Waals surface area (Å²) in [5.74, 6) is -3.38. The van der Waals surface area contributed by atoms with Crippen LogP contribution in [0.5, 0.6) is 0 Å². The van der Waals surface area contributed by atoms with Gasteiger partial charge in [-0.05, 0) is 43.9 Å². The maximum absolute atomic E-state index is 11.4. The molecule has 2 aliphatic carbocycles. The van der Waals surface area contributed by atoms with Gasteiger partial charge < -0.3 is 18.9 Å². The van der Waals surface area contributed by atoms with E-state index < -0.39 is 60.6 Å². The Morgan fingerprint density at radius 3 is 1.75 bits per heavy atom. The number of carboxylic acids is 1. The summed E-state index contributed by atoms with van der Waals surface area (Å²) in [5, 5.41) is 6.56. The second-order valence-corrected chi connectivity index (χ2v) is 10.4. The molecule has 0 amide bonds. The van der Waals surface area contributed by atoms with Gasteiger partial charge in [-0.1, -0.05) is 0 Å². The summed E-state index contributed by atoms with van der Waals surface area (Å²) in [5.41, 5.74) is 0. The molecule has 14 heteroatoms. The van der Waals surface area contributed by atoms with E-state index in [2.05, 4.69) is 0 Å². The summed E-state index contributed by atoms with van der Waals surface area (Å²) in [7, 11) is -9.37. The van der Waals surface area contributed by atoms with Crippen molar-refractivity contribution in [1.29, 1.82) is 0 Å². The third kappa shape index (κ3) is 8.52. The van der Waals surface area contributed by atoms with Gasteiger partial charge in [0.25, 0.3) is 6.47 Å². The molecule has 2 aliphatic rings. The zero-order valence-electron chi connectivity index (χ0n) is 15.7. The maximum Gasteiger partial charge on any atom is 1.00 e. The van der Waals surface area contributed by atoms with Gasteiger partial charge in [0.2, 0.25) is 0 Å². The van der Waals surface area contributed by atoms with Crippen LogP contribution >= 0.6 is 0 Å². The van der Waals surface area contributed by atoms with E-state index in [-0.39, 0.29) is 148 Å². The minimum absolute atomic E-state index is 0. The Labute approximate surface area is 249 Å². The van der Waals surface area contributed by atoms with Gasteiger partial charge in [0.1, 0.15) is 6.10 Å². The summed E-state index contributed by atoms with van der Waals surface area (Å²) in [6, 6.07) is 0. The van der Waals surface area contributed by atoms with Gasteiger partial charge in [-0.15, -0.1) is 0 Å². The Balaban J connectivity index is 0.00000364.